The average molecular weight is 633 g/mol. The maximum atomic E-state index is 13.9. The number of hydrogen-bond acceptors (Lipinski definition) is 8. The van der Waals surface area contributed by atoms with Gasteiger partial charge in [0.25, 0.3) is 5.91 Å². The highest BCUT2D eigenvalue weighted by molar-refractivity contribution is 6.21. The average Bonchev–Trinajstić information content (AvgIpc) is 3.62. The van der Waals surface area contributed by atoms with Gasteiger partial charge in [0.1, 0.15) is 17.7 Å². The predicted octanol–water partition coefficient (Wildman–Crippen LogP) is 4.64. The number of hydrogen-bond donors (Lipinski definition) is 3. The van der Waals surface area contributed by atoms with Crippen molar-refractivity contribution < 1.29 is 27.8 Å². The number of amides is 2. The highest BCUT2D eigenvalue weighted by atomic mass is 35.5. The lowest BCUT2D eigenvalue weighted by Gasteiger charge is -2.31. The van der Waals surface area contributed by atoms with E-state index in [1.165, 1.54) is 31.6 Å². The van der Waals surface area contributed by atoms with Crippen LogP contribution in [0.2, 0.25) is 0 Å². The second kappa shape index (κ2) is 14.2. The first-order chi connectivity index (χ1) is 21.2. The van der Waals surface area contributed by atoms with Crippen LogP contribution in [0.5, 0.6) is 5.88 Å². The molecule has 2 aliphatic carbocycles. The van der Waals surface area contributed by atoms with E-state index >= 15 is 0 Å². The van der Waals surface area contributed by atoms with Crippen molar-refractivity contribution in [3.8, 4) is 5.88 Å². The first kappa shape index (κ1) is 32.1. The van der Waals surface area contributed by atoms with Crippen LogP contribution in [-0.4, -0.2) is 78.7 Å². The standard InChI is InChI=1S/C31H39ClF2N6O4/c1-3-5-22(10-11-40-12-14-44-15-13-40)37-27-25(30(43-2)36-18-35-27)29(42)39-26-20-9-8-19(16-20)24(26)28(41)38-23-7-4-6-21(17-23)31(32,33)34/h3-4,6-7,17-20,22,24,26H,1,5,8-16H2,2H3,(H,38,41)(H,39,42)(H,35,36,37). The first-order valence-electron chi connectivity index (χ1n) is 15.0. The number of carbonyl (C=O) groups is 2. The van der Waals surface area contributed by atoms with Gasteiger partial charge < -0.3 is 25.4 Å². The van der Waals surface area contributed by atoms with Crippen LogP contribution in [0.1, 0.15) is 48.0 Å². The van der Waals surface area contributed by atoms with E-state index in [1.807, 2.05) is 6.08 Å². The van der Waals surface area contributed by atoms with Crippen LogP contribution in [0, 0.1) is 17.8 Å². The van der Waals surface area contributed by atoms with Gasteiger partial charge in [0, 0.05) is 43.0 Å². The maximum Gasteiger partial charge on any atom is 0.348 e. The second-order valence-electron chi connectivity index (χ2n) is 11.6. The van der Waals surface area contributed by atoms with Gasteiger partial charge in [0.2, 0.25) is 11.8 Å². The van der Waals surface area contributed by atoms with Gasteiger partial charge in [-0.25, -0.2) is 9.97 Å². The van der Waals surface area contributed by atoms with Crippen LogP contribution in [0.4, 0.5) is 20.3 Å². The SMILES string of the molecule is C=CCC(CCN1CCOCC1)Nc1ncnc(OC)c1C(=O)NC1C2CCC(C2)C1C(=O)Nc1cccc(C(F)(F)Cl)c1. The summed E-state index contributed by atoms with van der Waals surface area (Å²) in [4.78, 5) is 38.4. The van der Waals surface area contributed by atoms with Crippen molar-refractivity contribution in [1.82, 2.24) is 20.2 Å². The summed E-state index contributed by atoms with van der Waals surface area (Å²) < 4.78 is 38.3. The number of anilines is 2. The van der Waals surface area contributed by atoms with Gasteiger partial charge in [0.05, 0.1) is 26.2 Å². The fourth-order valence-electron chi connectivity index (χ4n) is 6.74. The Morgan fingerprint density at radius 3 is 2.75 bits per heavy atom. The molecule has 2 heterocycles. The van der Waals surface area contributed by atoms with E-state index in [4.69, 9.17) is 21.1 Å². The number of ether oxygens (including phenoxy) is 2. The van der Waals surface area contributed by atoms with E-state index < -0.39 is 28.8 Å². The van der Waals surface area contributed by atoms with Crippen molar-refractivity contribution >= 4 is 34.9 Å². The van der Waals surface area contributed by atoms with Gasteiger partial charge in [0.15, 0.2) is 0 Å². The number of alkyl halides is 3. The predicted molar refractivity (Wildman–Crippen MR) is 163 cm³/mol. The fourth-order valence-corrected chi connectivity index (χ4v) is 6.86. The number of halogens is 3. The molecule has 238 valence electrons. The summed E-state index contributed by atoms with van der Waals surface area (Å²) in [5.41, 5.74) is -0.0318. The summed E-state index contributed by atoms with van der Waals surface area (Å²) in [6, 6.07) is 4.81. The first-order valence-corrected chi connectivity index (χ1v) is 15.4. The Bertz CT molecular complexity index is 1340. The van der Waals surface area contributed by atoms with Gasteiger partial charge in [-0.15, -0.1) is 6.58 Å². The van der Waals surface area contributed by atoms with Crippen molar-refractivity contribution in [1.29, 1.82) is 0 Å². The largest absolute Gasteiger partial charge is 0.480 e. The van der Waals surface area contributed by atoms with Gasteiger partial charge in [-0.3, -0.25) is 14.5 Å². The molecule has 3 aliphatic rings. The monoisotopic (exact) mass is 632 g/mol. The molecule has 44 heavy (non-hydrogen) atoms. The summed E-state index contributed by atoms with van der Waals surface area (Å²) in [6.07, 6.45) is 7.15. The molecule has 3 fully saturated rings. The molecule has 1 aromatic heterocycles. The number of benzene rings is 1. The quantitative estimate of drug-likeness (QED) is 0.216. The maximum absolute atomic E-state index is 13.9. The van der Waals surface area contributed by atoms with Crippen LogP contribution in [0.25, 0.3) is 0 Å². The van der Waals surface area contributed by atoms with E-state index in [1.54, 1.807) is 0 Å². The molecule has 3 N–H and O–H groups in total. The number of nitrogens with zero attached hydrogens (tertiary/aromatic N) is 3. The van der Waals surface area contributed by atoms with Crippen LogP contribution in [0.15, 0.2) is 43.2 Å². The summed E-state index contributed by atoms with van der Waals surface area (Å²) in [5, 5.41) is 5.73. The minimum Gasteiger partial charge on any atom is -0.480 e. The van der Waals surface area contributed by atoms with Crippen molar-refractivity contribution in [2.45, 2.75) is 49.6 Å². The molecule has 2 aromatic rings. The Balaban J connectivity index is 1.32. The van der Waals surface area contributed by atoms with E-state index in [2.05, 4.69) is 37.4 Å². The van der Waals surface area contributed by atoms with Crippen molar-refractivity contribution in [2.75, 3.05) is 50.6 Å². The third-order valence-corrected chi connectivity index (χ3v) is 9.11. The third-order valence-electron chi connectivity index (χ3n) is 8.90. The van der Waals surface area contributed by atoms with Gasteiger partial charge in [-0.1, -0.05) is 18.2 Å². The van der Waals surface area contributed by atoms with Crippen LogP contribution in [0.3, 0.4) is 0 Å². The Morgan fingerprint density at radius 2 is 2.02 bits per heavy atom. The van der Waals surface area contributed by atoms with Crippen molar-refractivity contribution in [2.24, 2.45) is 17.8 Å². The molecule has 5 atom stereocenters. The van der Waals surface area contributed by atoms with E-state index in [0.717, 1.165) is 51.4 Å². The molecule has 13 heteroatoms. The molecule has 2 amide bonds. The molecule has 2 saturated carbocycles. The van der Waals surface area contributed by atoms with Gasteiger partial charge in [-0.2, -0.15) is 8.78 Å². The second-order valence-corrected chi connectivity index (χ2v) is 12.1. The van der Waals surface area contributed by atoms with Gasteiger partial charge >= 0.3 is 5.38 Å². The molecule has 0 radical (unpaired) electrons. The molecular formula is C31H39ClF2N6O4. The van der Waals surface area contributed by atoms with Crippen molar-refractivity contribution in [3.63, 3.8) is 0 Å². The number of aromatic nitrogens is 2. The highest BCUT2D eigenvalue weighted by Crippen LogP contribution is 2.49. The molecule has 1 aromatic carbocycles. The summed E-state index contributed by atoms with van der Waals surface area (Å²) in [7, 11) is 1.44. The Hall–Kier alpha value is -3.35. The number of rotatable bonds is 13. The Labute approximate surface area is 260 Å². The lowest BCUT2D eigenvalue weighted by Crippen LogP contribution is -2.48. The smallest absolute Gasteiger partial charge is 0.348 e. The number of carbonyl (C=O) groups excluding carboxylic acids is 2. The Morgan fingerprint density at radius 1 is 1.25 bits per heavy atom. The molecule has 0 spiro atoms. The zero-order chi connectivity index (χ0) is 31.3. The number of methoxy groups -OCH3 is 1. The lowest BCUT2D eigenvalue weighted by atomic mass is 9.83. The molecular weight excluding hydrogens is 594 g/mol. The minimum absolute atomic E-state index is 0.0429. The lowest BCUT2D eigenvalue weighted by molar-refractivity contribution is -0.122. The Kier molecular flexibility index (Phi) is 10.3. The topological polar surface area (TPSA) is 118 Å². The minimum atomic E-state index is -3.56. The summed E-state index contributed by atoms with van der Waals surface area (Å²) in [5.74, 6) is -0.693. The molecule has 2 bridgehead atoms. The highest BCUT2D eigenvalue weighted by Gasteiger charge is 2.51. The number of nitrogens with one attached hydrogen (secondary N) is 3. The van der Waals surface area contributed by atoms with Crippen LogP contribution in [-0.2, 0) is 14.9 Å². The normalized spacial score (nSPS) is 24.0. The van der Waals surface area contributed by atoms with Gasteiger partial charge in [-0.05, 0) is 67.7 Å². The molecule has 1 aliphatic heterocycles. The van der Waals surface area contributed by atoms with E-state index in [-0.39, 0.29) is 40.9 Å². The molecule has 5 rings (SSSR count). The molecule has 10 nitrogen and oxygen atoms in total. The molecule has 5 unspecified atom stereocenters. The van der Waals surface area contributed by atoms with E-state index in [0.29, 0.717) is 25.5 Å². The number of morpholine rings is 1. The van der Waals surface area contributed by atoms with Crippen molar-refractivity contribution in [3.05, 3.63) is 54.4 Å². The fraction of sp³-hybridized carbons (Fsp3) is 0.548. The zero-order valence-corrected chi connectivity index (χ0v) is 25.5. The van der Waals surface area contributed by atoms with E-state index in [9.17, 15) is 18.4 Å². The van der Waals surface area contributed by atoms with Crippen LogP contribution < -0.4 is 20.7 Å². The zero-order valence-electron chi connectivity index (χ0n) is 24.7. The number of fused-ring (bicyclic) bond motifs is 2. The van der Waals surface area contributed by atoms with Crippen LogP contribution >= 0.6 is 11.6 Å². The third kappa shape index (κ3) is 7.47. The summed E-state index contributed by atoms with van der Waals surface area (Å²) >= 11 is 5.19. The molecule has 1 saturated heterocycles. The summed E-state index contributed by atoms with van der Waals surface area (Å²) in [6.45, 7) is 7.92.